The molecule has 0 radical (unpaired) electrons. The summed E-state index contributed by atoms with van der Waals surface area (Å²) >= 11 is 0. The highest BCUT2D eigenvalue weighted by atomic mass is 16.3. The van der Waals surface area contributed by atoms with Gasteiger partial charge in [-0.2, -0.15) is 0 Å². The van der Waals surface area contributed by atoms with E-state index in [1.54, 1.807) is 0 Å². The highest BCUT2D eigenvalue weighted by Crippen LogP contribution is 1.99. The first-order valence-corrected chi connectivity index (χ1v) is 4.65. The van der Waals surface area contributed by atoms with Crippen LogP contribution in [0, 0.1) is 0 Å². The number of amides is 2. The molecule has 82 valence electrons. The number of rotatable bonds is 5. The molecular formula is C9H18N2O3. The normalized spacial score (nSPS) is 10.9. The van der Waals surface area contributed by atoms with Crippen molar-refractivity contribution in [2.75, 3.05) is 13.1 Å². The Kier molecular flexibility index (Phi) is 5.15. The molecule has 0 saturated heterocycles. The SMILES string of the molecule is CCNC(=O)CCNC(=O)C(C)(C)O. The van der Waals surface area contributed by atoms with Crippen molar-refractivity contribution in [1.82, 2.24) is 10.6 Å². The summed E-state index contributed by atoms with van der Waals surface area (Å²) < 4.78 is 0. The first-order valence-electron chi connectivity index (χ1n) is 4.65. The monoisotopic (exact) mass is 202 g/mol. The number of nitrogens with one attached hydrogen (secondary N) is 2. The Bertz CT molecular complexity index is 209. The number of carbonyl (C=O) groups is 2. The van der Waals surface area contributed by atoms with Crippen molar-refractivity contribution in [1.29, 1.82) is 0 Å². The fraction of sp³-hybridized carbons (Fsp3) is 0.778. The number of aliphatic hydroxyl groups is 1. The van der Waals surface area contributed by atoms with E-state index in [2.05, 4.69) is 10.6 Å². The van der Waals surface area contributed by atoms with Crippen molar-refractivity contribution in [2.45, 2.75) is 32.8 Å². The lowest BCUT2D eigenvalue weighted by Gasteiger charge is -2.16. The fourth-order valence-corrected chi connectivity index (χ4v) is 0.791. The van der Waals surface area contributed by atoms with Crippen LogP contribution in [0.25, 0.3) is 0 Å². The van der Waals surface area contributed by atoms with E-state index in [9.17, 15) is 14.7 Å². The standard InChI is InChI=1S/C9H18N2O3/c1-4-10-7(12)5-6-11-8(13)9(2,3)14/h14H,4-6H2,1-3H3,(H,10,12)(H,11,13). The predicted molar refractivity (Wildman–Crippen MR) is 52.6 cm³/mol. The Morgan fingerprint density at radius 1 is 1.29 bits per heavy atom. The third-order valence-corrected chi connectivity index (χ3v) is 1.57. The molecule has 0 saturated carbocycles. The van der Waals surface area contributed by atoms with Gasteiger partial charge >= 0.3 is 0 Å². The van der Waals surface area contributed by atoms with E-state index < -0.39 is 11.5 Å². The number of carbonyl (C=O) groups excluding carboxylic acids is 2. The maximum absolute atomic E-state index is 11.1. The van der Waals surface area contributed by atoms with Crippen LogP contribution in [0.2, 0.25) is 0 Å². The Hall–Kier alpha value is -1.10. The highest BCUT2D eigenvalue weighted by molar-refractivity contribution is 5.84. The summed E-state index contributed by atoms with van der Waals surface area (Å²) in [5, 5.41) is 14.3. The maximum Gasteiger partial charge on any atom is 0.251 e. The zero-order valence-electron chi connectivity index (χ0n) is 8.89. The van der Waals surface area contributed by atoms with Crippen LogP contribution in [0.4, 0.5) is 0 Å². The van der Waals surface area contributed by atoms with Gasteiger partial charge in [-0.25, -0.2) is 0 Å². The third kappa shape index (κ3) is 5.53. The molecule has 0 bridgehead atoms. The van der Waals surface area contributed by atoms with Crippen molar-refractivity contribution in [3.8, 4) is 0 Å². The summed E-state index contributed by atoms with van der Waals surface area (Å²) in [7, 11) is 0. The molecule has 0 aliphatic rings. The van der Waals surface area contributed by atoms with E-state index in [1.165, 1.54) is 13.8 Å². The van der Waals surface area contributed by atoms with Crippen LogP contribution < -0.4 is 10.6 Å². The topological polar surface area (TPSA) is 78.4 Å². The molecule has 0 aliphatic carbocycles. The van der Waals surface area contributed by atoms with E-state index in [1.807, 2.05) is 6.92 Å². The summed E-state index contributed by atoms with van der Waals surface area (Å²) in [6, 6.07) is 0. The lowest BCUT2D eigenvalue weighted by molar-refractivity contribution is -0.136. The summed E-state index contributed by atoms with van der Waals surface area (Å²) in [4.78, 5) is 22.1. The van der Waals surface area contributed by atoms with Gasteiger partial charge in [-0.15, -0.1) is 0 Å². The first-order chi connectivity index (χ1) is 6.38. The maximum atomic E-state index is 11.1. The smallest absolute Gasteiger partial charge is 0.251 e. The minimum atomic E-state index is -1.39. The minimum absolute atomic E-state index is 0.108. The van der Waals surface area contributed by atoms with Crippen molar-refractivity contribution in [2.24, 2.45) is 0 Å². The van der Waals surface area contributed by atoms with Crippen LogP contribution in [0.1, 0.15) is 27.2 Å². The third-order valence-electron chi connectivity index (χ3n) is 1.57. The van der Waals surface area contributed by atoms with Gasteiger partial charge in [0.1, 0.15) is 5.60 Å². The molecule has 3 N–H and O–H groups in total. The minimum Gasteiger partial charge on any atom is -0.381 e. The van der Waals surface area contributed by atoms with Gasteiger partial charge in [0.25, 0.3) is 5.91 Å². The molecule has 14 heavy (non-hydrogen) atoms. The largest absolute Gasteiger partial charge is 0.381 e. The van der Waals surface area contributed by atoms with E-state index >= 15 is 0 Å². The van der Waals surface area contributed by atoms with Crippen LogP contribution in [0.5, 0.6) is 0 Å². The molecule has 0 spiro atoms. The van der Waals surface area contributed by atoms with Gasteiger partial charge < -0.3 is 15.7 Å². The van der Waals surface area contributed by atoms with Gasteiger partial charge in [0.15, 0.2) is 0 Å². The van der Waals surface area contributed by atoms with Crippen LogP contribution in [0.15, 0.2) is 0 Å². The lowest BCUT2D eigenvalue weighted by Crippen LogP contribution is -2.43. The second kappa shape index (κ2) is 5.59. The van der Waals surface area contributed by atoms with Crippen molar-refractivity contribution < 1.29 is 14.7 Å². The Morgan fingerprint density at radius 3 is 2.29 bits per heavy atom. The van der Waals surface area contributed by atoms with Crippen LogP contribution in [-0.4, -0.2) is 35.6 Å². The lowest BCUT2D eigenvalue weighted by atomic mass is 10.1. The van der Waals surface area contributed by atoms with Gasteiger partial charge in [-0.1, -0.05) is 0 Å². The molecular weight excluding hydrogens is 184 g/mol. The van der Waals surface area contributed by atoms with Crippen LogP contribution in [0.3, 0.4) is 0 Å². The number of hydrogen-bond donors (Lipinski definition) is 3. The molecule has 0 aromatic rings. The average molecular weight is 202 g/mol. The van der Waals surface area contributed by atoms with Crippen molar-refractivity contribution in [3.05, 3.63) is 0 Å². The van der Waals surface area contributed by atoms with E-state index in [-0.39, 0.29) is 18.9 Å². The van der Waals surface area contributed by atoms with Gasteiger partial charge in [0.2, 0.25) is 5.91 Å². The summed E-state index contributed by atoms with van der Waals surface area (Å²) in [5.74, 6) is -0.578. The molecule has 2 amide bonds. The molecule has 0 atom stereocenters. The molecule has 0 unspecified atom stereocenters. The number of hydrogen-bond acceptors (Lipinski definition) is 3. The second-order valence-corrected chi connectivity index (χ2v) is 3.52. The van der Waals surface area contributed by atoms with Crippen molar-refractivity contribution >= 4 is 11.8 Å². The predicted octanol–water partition coefficient (Wildman–Crippen LogP) is -0.600. The second-order valence-electron chi connectivity index (χ2n) is 3.52. The van der Waals surface area contributed by atoms with E-state index in [0.717, 1.165) is 0 Å². The zero-order valence-corrected chi connectivity index (χ0v) is 8.89. The highest BCUT2D eigenvalue weighted by Gasteiger charge is 2.22. The Labute approximate surface area is 83.9 Å². The Morgan fingerprint density at radius 2 is 1.86 bits per heavy atom. The van der Waals surface area contributed by atoms with Gasteiger partial charge in [-0.05, 0) is 20.8 Å². The molecule has 0 rings (SSSR count). The van der Waals surface area contributed by atoms with Crippen LogP contribution >= 0.6 is 0 Å². The molecule has 0 aliphatic heterocycles. The average Bonchev–Trinajstić information content (AvgIpc) is 2.02. The van der Waals surface area contributed by atoms with E-state index in [4.69, 9.17) is 0 Å². The van der Waals surface area contributed by atoms with Crippen LogP contribution in [-0.2, 0) is 9.59 Å². The van der Waals surface area contributed by atoms with Gasteiger partial charge in [0.05, 0.1) is 0 Å². The molecule has 5 heteroatoms. The molecule has 5 nitrogen and oxygen atoms in total. The van der Waals surface area contributed by atoms with Crippen molar-refractivity contribution in [3.63, 3.8) is 0 Å². The summed E-state index contributed by atoms with van der Waals surface area (Å²) in [6.45, 7) is 5.45. The zero-order chi connectivity index (χ0) is 11.2. The fourth-order valence-electron chi connectivity index (χ4n) is 0.791. The molecule has 0 heterocycles. The molecule has 0 fully saturated rings. The first kappa shape index (κ1) is 12.9. The van der Waals surface area contributed by atoms with E-state index in [0.29, 0.717) is 6.54 Å². The van der Waals surface area contributed by atoms with Gasteiger partial charge in [-0.3, -0.25) is 9.59 Å². The summed E-state index contributed by atoms with van der Waals surface area (Å²) in [5.41, 5.74) is -1.39. The Balaban J connectivity index is 3.65. The summed E-state index contributed by atoms with van der Waals surface area (Å²) in [6.07, 6.45) is 0.232. The quantitative estimate of drug-likeness (QED) is 0.557. The van der Waals surface area contributed by atoms with Gasteiger partial charge in [0, 0.05) is 19.5 Å². The molecule has 0 aromatic carbocycles. The molecule has 0 aromatic heterocycles.